The lowest BCUT2D eigenvalue weighted by Gasteiger charge is -2.36. The molecular formula is C29H34N2O4. The summed E-state index contributed by atoms with van der Waals surface area (Å²) in [5.74, 6) is 1.56. The zero-order chi connectivity index (χ0) is 24.6. The first-order valence-corrected chi connectivity index (χ1v) is 12.0. The Kier molecular flexibility index (Phi) is 8.40. The van der Waals surface area contributed by atoms with E-state index in [2.05, 4.69) is 42.2 Å². The van der Waals surface area contributed by atoms with Gasteiger partial charge in [-0.3, -0.25) is 9.69 Å². The molecule has 35 heavy (non-hydrogen) atoms. The lowest BCUT2D eigenvalue weighted by molar-refractivity contribution is 0.00333. The molecule has 0 aliphatic carbocycles. The second-order valence-electron chi connectivity index (χ2n) is 8.89. The van der Waals surface area contributed by atoms with Crippen LogP contribution in [0.25, 0.3) is 0 Å². The number of carbonyl (C=O) groups is 1. The first-order valence-electron chi connectivity index (χ1n) is 12.0. The molecule has 1 fully saturated rings. The molecule has 1 aliphatic heterocycles. The van der Waals surface area contributed by atoms with Crippen molar-refractivity contribution >= 4 is 5.91 Å². The molecule has 6 heteroatoms. The Hall–Kier alpha value is -3.35. The summed E-state index contributed by atoms with van der Waals surface area (Å²) in [5, 5.41) is 0. The molecule has 1 saturated heterocycles. The third kappa shape index (κ3) is 6.62. The number of ether oxygens (including phenoxy) is 3. The molecule has 0 N–H and O–H groups in total. The van der Waals surface area contributed by atoms with E-state index < -0.39 is 0 Å². The highest BCUT2D eigenvalue weighted by Crippen LogP contribution is 2.25. The number of aryl methyl sites for hydroxylation is 1. The molecule has 1 unspecified atom stereocenters. The van der Waals surface area contributed by atoms with Gasteiger partial charge in [-0.25, -0.2) is 0 Å². The minimum Gasteiger partial charge on any atom is -0.497 e. The van der Waals surface area contributed by atoms with Crippen LogP contribution < -0.4 is 9.47 Å². The molecule has 0 spiro atoms. The van der Waals surface area contributed by atoms with E-state index in [1.54, 1.807) is 20.3 Å². The quantitative estimate of drug-likeness (QED) is 0.449. The van der Waals surface area contributed by atoms with Crippen molar-refractivity contribution in [3.8, 4) is 11.5 Å². The number of hydrogen-bond acceptors (Lipinski definition) is 5. The molecule has 0 aromatic heterocycles. The Morgan fingerprint density at radius 3 is 2.20 bits per heavy atom. The molecule has 3 aromatic carbocycles. The smallest absolute Gasteiger partial charge is 0.254 e. The van der Waals surface area contributed by atoms with Crippen molar-refractivity contribution in [1.29, 1.82) is 0 Å². The molecule has 1 heterocycles. The number of benzene rings is 3. The maximum Gasteiger partial charge on any atom is 0.254 e. The summed E-state index contributed by atoms with van der Waals surface area (Å²) in [4.78, 5) is 17.3. The third-order valence-corrected chi connectivity index (χ3v) is 6.44. The Bertz CT molecular complexity index is 1110. The molecule has 0 bridgehead atoms. The lowest BCUT2D eigenvalue weighted by Crippen LogP contribution is -2.49. The maximum absolute atomic E-state index is 13.0. The van der Waals surface area contributed by atoms with E-state index in [9.17, 15) is 4.79 Å². The molecule has 3 aromatic rings. The minimum absolute atomic E-state index is 0.0449. The van der Waals surface area contributed by atoms with Crippen LogP contribution in [0.4, 0.5) is 0 Å². The molecule has 0 radical (unpaired) electrons. The van der Waals surface area contributed by atoms with Crippen LogP contribution in [0.2, 0.25) is 0 Å². The number of amides is 1. The second-order valence-corrected chi connectivity index (χ2v) is 8.89. The zero-order valence-corrected chi connectivity index (χ0v) is 20.8. The van der Waals surface area contributed by atoms with E-state index in [0.29, 0.717) is 31.0 Å². The van der Waals surface area contributed by atoms with Crippen LogP contribution in [0.15, 0.2) is 72.8 Å². The Morgan fingerprint density at radius 1 is 0.857 bits per heavy atom. The number of hydrogen-bond donors (Lipinski definition) is 0. The van der Waals surface area contributed by atoms with E-state index in [4.69, 9.17) is 14.2 Å². The topological polar surface area (TPSA) is 51.2 Å². The van der Waals surface area contributed by atoms with Gasteiger partial charge in [0.2, 0.25) is 0 Å². The van der Waals surface area contributed by atoms with Gasteiger partial charge in [0, 0.05) is 38.3 Å². The maximum atomic E-state index is 13.0. The van der Waals surface area contributed by atoms with Crippen LogP contribution in [-0.4, -0.2) is 62.7 Å². The monoisotopic (exact) mass is 474 g/mol. The van der Waals surface area contributed by atoms with Crippen molar-refractivity contribution in [2.45, 2.75) is 19.6 Å². The molecule has 6 nitrogen and oxygen atoms in total. The van der Waals surface area contributed by atoms with Gasteiger partial charge in [-0.1, -0.05) is 48.0 Å². The molecular weight excluding hydrogens is 440 g/mol. The van der Waals surface area contributed by atoms with Crippen molar-refractivity contribution < 1.29 is 19.0 Å². The highest BCUT2D eigenvalue weighted by molar-refractivity contribution is 5.94. The number of methoxy groups -OCH3 is 2. The SMILES string of the molecule is COc1cccc(C(=O)N2CCN(CC(OCc3ccc(C)cc3)c3cccc(OC)c3)CC2)c1. The summed E-state index contributed by atoms with van der Waals surface area (Å²) in [6.07, 6.45) is -0.105. The Balaban J connectivity index is 1.40. The first-order chi connectivity index (χ1) is 17.1. The van der Waals surface area contributed by atoms with Gasteiger partial charge < -0.3 is 19.1 Å². The minimum atomic E-state index is -0.105. The second kappa shape index (κ2) is 11.9. The molecule has 1 atom stereocenters. The van der Waals surface area contributed by atoms with E-state index in [1.165, 1.54) is 5.56 Å². The molecule has 1 amide bonds. The van der Waals surface area contributed by atoms with Gasteiger partial charge in [0.1, 0.15) is 11.5 Å². The summed E-state index contributed by atoms with van der Waals surface area (Å²) in [5.41, 5.74) is 4.14. The highest BCUT2D eigenvalue weighted by atomic mass is 16.5. The van der Waals surface area contributed by atoms with Gasteiger partial charge in [-0.2, -0.15) is 0 Å². The molecule has 1 aliphatic rings. The van der Waals surface area contributed by atoms with Crippen LogP contribution in [0.3, 0.4) is 0 Å². The summed E-state index contributed by atoms with van der Waals surface area (Å²) in [6.45, 7) is 6.32. The van der Waals surface area contributed by atoms with Gasteiger partial charge in [-0.15, -0.1) is 0 Å². The van der Waals surface area contributed by atoms with Crippen LogP contribution in [0.5, 0.6) is 11.5 Å². The van der Waals surface area contributed by atoms with Crippen molar-refractivity contribution in [3.63, 3.8) is 0 Å². The highest BCUT2D eigenvalue weighted by Gasteiger charge is 2.25. The summed E-state index contributed by atoms with van der Waals surface area (Å²) in [7, 11) is 3.29. The summed E-state index contributed by atoms with van der Waals surface area (Å²) in [6, 6.07) is 23.9. The van der Waals surface area contributed by atoms with Crippen molar-refractivity contribution in [2.24, 2.45) is 0 Å². The van der Waals surface area contributed by atoms with Gasteiger partial charge in [0.15, 0.2) is 0 Å². The van der Waals surface area contributed by atoms with E-state index in [-0.39, 0.29) is 12.0 Å². The molecule has 4 rings (SSSR count). The standard InChI is InChI=1S/C29H34N2O4/c1-22-10-12-23(13-11-22)21-35-28(24-6-4-8-26(18-24)33-2)20-30-14-16-31(17-15-30)29(32)25-7-5-9-27(19-25)34-3/h4-13,18-19,28H,14-17,20-21H2,1-3H3. The normalized spacial score (nSPS) is 15.0. The molecule has 184 valence electrons. The number of rotatable bonds is 9. The van der Waals surface area contributed by atoms with Crippen molar-refractivity contribution in [3.05, 3.63) is 95.1 Å². The average molecular weight is 475 g/mol. The predicted octanol–water partition coefficient (Wildman–Crippen LogP) is 4.73. The summed E-state index contributed by atoms with van der Waals surface area (Å²) >= 11 is 0. The first kappa shape index (κ1) is 24.8. The summed E-state index contributed by atoms with van der Waals surface area (Å²) < 4.78 is 17.2. The molecule has 0 saturated carbocycles. The van der Waals surface area contributed by atoms with Gasteiger partial charge in [0.05, 0.1) is 26.9 Å². The van der Waals surface area contributed by atoms with E-state index in [1.807, 2.05) is 41.3 Å². The fourth-order valence-corrected chi connectivity index (χ4v) is 4.28. The van der Waals surface area contributed by atoms with Crippen molar-refractivity contribution in [2.75, 3.05) is 46.9 Å². The Morgan fingerprint density at radius 2 is 1.51 bits per heavy atom. The van der Waals surface area contributed by atoms with E-state index in [0.717, 1.165) is 36.5 Å². The van der Waals surface area contributed by atoms with Crippen LogP contribution in [0, 0.1) is 6.92 Å². The van der Waals surface area contributed by atoms with Gasteiger partial charge in [-0.05, 0) is 48.4 Å². The lowest BCUT2D eigenvalue weighted by atomic mass is 10.1. The fourth-order valence-electron chi connectivity index (χ4n) is 4.28. The van der Waals surface area contributed by atoms with Crippen molar-refractivity contribution in [1.82, 2.24) is 9.80 Å². The third-order valence-electron chi connectivity index (χ3n) is 6.44. The van der Waals surface area contributed by atoms with Gasteiger partial charge >= 0.3 is 0 Å². The average Bonchev–Trinajstić information content (AvgIpc) is 2.92. The predicted molar refractivity (Wildman–Crippen MR) is 137 cm³/mol. The zero-order valence-electron chi connectivity index (χ0n) is 20.8. The number of piperazine rings is 1. The number of carbonyl (C=O) groups excluding carboxylic acids is 1. The Labute approximate surface area is 208 Å². The van der Waals surface area contributed by atoms with Crippen LogP contribution in [-0.2, 0) is 11.3 Å². The largest absolute Gasteiger partial charge is 0.497 e. The van der Waals surface area contributed by atoms with Crippen LogP contribution >= 0.6 is 0 Å². The fraction of sp³-hybridized carbons (Fsp3) is 0.345. The number of nitrogens with zero attached hydrogens (tertiary/aromatic N) is 2. The van der Waals surface area contributed by atoms with Crippen LogP contribution in [0.1, 0.15) is 33.2 Å². The van der Waals surface area contributed by atoms with E-state index >= 15 is 0 Å². The van der Waals surface area contributed by atoms with Gasteiger partial charge in [0.25, 0.3) is 5.91 Å².